The van der Waals surface area contributed by atoms with Gasteiger partial charge in [-0.3, -0.25) is 4.79 Å². The molecule has 0 aromatic heterocycles. The van der Waals surface area contributed by atoms with Crippen LogP contribution in [0.5, 0.6) is 0 Å². The van der Waals surface area contributed by atoms with Crippen molar-refractivity contribution in [1.29, 1.82) is 0 Å². The topological polar surface area (TPSA) is 66.8 Å². The summed E-state index contributed by atoms with van der Waals surface area (Å²) in [6.07, 6.45) is -0.407. The van der Waals surface area contributed by atoms with E-state index in [1.54, 1.807) is 24.3 Å². The van der Waals surface area contributed by atoms with Crippen LogP contribution in [-0.4, -0.2) is 24.1 Å². The number of carbonyl (C=O) groups is 2. The second-order valence-corrected chi connectivity index (χ2v) is 5.73. The van der Waals surface area contributed by atoms with E-state index in [2.05, 4.69) is 4.74 Å². The maximum absolute atomic E-state index is 14.0. The van der Waals surface area contributed by atoms with Crippen LogP contribution in [0.4, 0.5) is 14.5 Å². The first-order valence-corrected chi connectivity index (χ1v) is 7.76. The van der Waals surface area contributed by atoms with Gasteiger partial charge in [0.25, 0.3) is 0 Å². The van der Waals surface area contributed by atoms with Gasteiger partial charge in [-0.05, 0) is 18.2 Å². The SMILES string of the molecule is COC(=O)C1=C(O)c2ccccc2N(Cc2ccc(F)cc2F)C(=O)C1. The van der Waals surface area contributed by atoms with Crippen LogP contribution in [0.3, 0.4) is 0 Å². The molecule has 0 aliphatic carbocycles. The number of anilines is 1. The normalized spacial score (nSPS) is 14.1. The molecule has 1 aliphatic rings. The number of methoxy groups -OCH3 is 1. The lowest BCUT2D eigenvalue weighted by Gasteiger charge is -2.23. The van der Waals surface area contributed by atoms with Crippen LogP contribution in [0, 0.1) is 11.6 Å². The van der Waals surface area contributed by atoms with Crippen molar-refractivity contribution in [3.8, 4) is 0 Å². The minimum Gasteiger partial charge on any atom is -0.507 e. The molecule has 1 N–H and O–H groups in total. The van der Waals surface area contributed by atoms with Gasteiger partial charge in [0.2, 0.25) is 5.91 Å². The summed E-state index contributed by atoms with van der Waals surface area (Å²) in [5.74, 6) is -3.21. The predicted octanol–water partition coefficient (Wildman–Crippen LogP) is 3.34. The van der Waals surface area contributed by atoms with Crippen molar-refractivity contribution < 1.29 is 28.2 Å². The van der Waals surface area contributed by atoms with Crippen molar-refractivity contribution in [1.82, 2.24) is 0 Å². The van der Waals surface area contributed by atoms with Crippen LogP contribution in [0.15, 0.2) is 48.0 Å². The molecular weight excluding hydrogens is 344 g/mol. The van der Waals surface area contributed by atoms with E-state index in [4.69, 9.17) is 0 Å². The number of aliphatic hydroxyl groups is 1. The maximum Gasteiger partial charge on any atom is 0.338 e. The molecule has 2 aromatic carbocycles. The Kier molecular flexibility index (Phi) is 4.71. The highest BCUT2D eigenvalue weighted by Gasteiger charge is 2.31. The number of benzene rings is 2. The van der Waals surface area contributed by atoms with Gasteiger partial charge in [0.15, 0.2) is 0 Å². The quantitative estimate of drug-likeness (QED) is 0.854. The number of ether oxygens (including phenoxy) is 1. The summed E-state index contributed by atoms with van der Waals surface area (Å²) in [5.41, 5.74) is 0.501. The lowest BCUT2D eigenvalue weighted by Crippen LogP contribution is -2.31. The zero-order valence-corrected chi connectivity index (χ0v) is 13.8. The molecule has 0 bridgehead atoms. The molecule has 0 atom stereocenters. The lowest BCUT2D eigenvalue weighted by molar-refractivity contribution is -0.137. The predicted molar refractivity (Wildman–Crippen MR) is 90.2 cm³/mol. The van der Waals surface area contributed by atoms with Crippen LogP contribution in [0.25, 0.3) is 5.76 Å². The molecule has 134 valence electrons. The highest BCUT2D eigenvalue weighted by molar-refractivity contribution is 6.09. The summed E-state index contributed by atoms with van der Waals surface area (Å²) in [7, 11) is 1.15. The number of hydrogen-bond donors (Lipinski definition) is 1. The van der Waals surface area contributed by atoms with E-state index >= 15 is 0 Å². The number of hydrogen-bond acceptors (Lipinski definition) is 4. The Bertz CT molecular complexity index is 924. The van der Waals surface area contributed by atoms with E-state index in [0.29, 0.717) is 5.69 Å². The molecular formula is C19H15F2NO4. The van der Waals surface area contributed by atoms with Crippen LogP contribution in [0.2, 0.25) is 0 Å². The molecule has 3 rings (SSSR count). The first-order chi connectivity index (χ1) is 12.4. The number of esters is 1. The van der Waals surface area contributed by atoms with E-state index in [-0.39, 0.29) is 29.0 Å². The van der Waals surface area contributed by atoms with E-state index in [9.17, 15) is 23.5 Å². The summed E-state index contributed by atoms with van der Waals surface area (Å²) >= 11 is 0. The van der Waals surface area contributed by atoms with E-state index in [1.165, 1.54) is 11.0 Å². The van der Waals surface area contributed by atoms with Gasteiger partial charge in [-0.15, -0.1) is 0 Å². The highest BCUT2D eigenvalue weighted by atomic mass is 19.1. The molecule has 2 aromatic rings. The zero-order valence-electron chi connectivity index (χ0n) is 13.8. The molecule has 0 spiro atoms. The van der Waals surface area contributed by atoms with E-state index in [0.717, 1.165) is 19.2 Å². The second kappa shape index (κ2) is 6.95. The van der Waals surface area contributed by atoms with Crippen molar-refractivity contribution >= 4 is 23.3 Å². The van der Waals surface area contributed by atoms with Crippen molar-refractivity contribution in [2.24, 2.45) is 0 Å². The molecule has 0 saturated carbocycles. The molecule has 5 nitrogen and oxygen atoms in total. The van der Waals surface area contributed by atoms with Gasteiger partial charge in [-0.2, -0.15) is 0 Å². The Hall–Kier alpha value is -3.22. The fraction of sp³-hybridized carbons (Fsp3) is 0.158. The summed E-state index contributed by atoms with van der Waals surface area (Å²) in [4.78, 5) is 25.9. The minimum atomic E-state index is -0.819. The largest absolute Gasteiger partial charge is 0.507 e. The van der Waals surface area contributed by atoms with Gasteiger partial charge in [-0.1, -0.05) is 18.2 Å². The highest BCUT2D eigenvalue weighted by Crippen LogP contribution is 2.34. The molecule has 0 unspecified atom stereocenters. The van der Waals surface area contributed by atoms with Gasteiger partial charge in [0.05, 0.1) is 31.3 Å². The van der Waals surface area contributed by atoms with Crippen LogP contribution in [0.1, 0.15) is 17.5 Å². The zero-order chi connectivity index (χ0) is 18.8. The lowest BCUT2D eigenvalue weighted by atomic mass is 10.1. The number of para-hydroxylation sites is 1. The van der Waals surface area contributed by atoms with Crippen molar-refractivity contribution in [2.45, 2.75) is 13.0 Å². The van der Waals surface area contributed by atoms with Gasteiger partial charge in [0, 0.05) is 17.2 Å². The van der Waals surface area contributed by atoms with Crippen molar-refractivity contribution in [3.63, 3.8) is 0 Å². The summed E-state index contributed by atoms with van der Waals surface area (Å²) < 4.78 is 31.8. The van der Waals surface area contributed by atoms with E-state index in [1.807, 2.05) is 0 Å². The second-order valence-electron chi connectivity index (χ2n) is 5.73. The summed E-state index contributed by atoms with van der Waals surface area (Å²) in [6.45, 7) is -0.177. The number of rotatable bonds is 3. The molecule has 1 heterocycles. The number of amides is 1. The Morgan fingerprint density at radius 1 is 1.23 bits per heavy atom. The number of aliphatic hydroxyl groups excluding tert-OH is 1. The summed E-state index contributed by atoms with van der Waals surface area (Å²) in [6, 6.07) is 9.49. The fourth-order valence-corrected chi connectivity index (χ4v) is 2.82. The van der Waals surface area contributed by atoms with Gasteiger partial charge >= 0.3 is 5.97 Å². The van der Waals surface area contributed by atoms with Gasteiger partial charge in [-0.25, -0.2) is 13.6 Å². The number of fused-ring (bicyclic) bond motifs is 1. The third-order valence-electron chi connectivity index (χ3n) is 4.14. The Morgan fingerprint density at radius 3 is 2.65 bits per heavy atom. The third-order valence-corrected chi connectivity index (χ3v) is 4.14. The average molecular weight is 359 g/mol. The number of nitrogens with zero attached hydrogens (tertiary/aromatic N) is 1. The summed E-state index contributed by atoms with van der Waals surface area (Å²) in [5, 5.41) is 10.5. The minimum absolute atomic E-state index is 0.107. The Labute approximate surface area is 148 Å². The van der Waals surface area contributed by atoms with Crippen LogP contribution >= 0.6 is 0 Å². The van der Waals surface area contributed by atoms with Gasteiger partial charge in [0.1, 0.15) is 17.4 Å². The number of halogens is 2. The molecule has 0 saturated heterocycles. The van der Waals surface area contributed by atoms with Crippen LogP contribution in [-0.2, 0) is 20.9 Å². The molecule has 1 aliphatic heterocycles. The molecule has 0 fully saturated rings. The van der Waals surface area contributed by atoms with Gasteiger partial charge < -0.3 is 14.7 Å². The Balaban J connectivity index is 2.08. The molecule has 0 radical (unpaired) electrons. The monoisotopic (exact) mass is 359 g/mol. The van der Waals surface area contributed by atoms with Crippen molar-refractivity contribution in [3.05, 3.63) is 70.8 Å². The smallest absolute Gasteiger partial charge is 0.338 e. The number of carbonyl (C=O) groups excluding carboxylic acids is 2. The first-order valence-electron chi connectivity index (χ1n) is 7.76. The molecule has 1 amide bonds. The molecule has 7 heteroatoms. The first kappa shape index (κ1) is 17.6. The fourth-order valence-electron chi connectivity index (χ4n) is 2.82. The Morgan fingerprint density at radius 2 is 1.96 bits per heavy atom. The maximum atomic E-state index is 14.0. The average Bonchev–Trinajstić information content (AvgIpc) is 2.73. The van der Waals surface area contributed by atoms with Crippen LogP contribution < -0.4 is 4.90 Å². The van der Waals surface area contributed by atoms with E-state index < -0.39 is 29.9 Å². The molecule has 26 heavy (non-hydrogen) atoms. The van der Waals surface area contributed by atoms with Crippen molar-refractivity contribution in [2.75, 3.05) is 12.0 Å². The third kappa shape index (κ3) is 3.15. The standard InChI is InChI=1S/C19H15F2NO4/c1-26-19(25)14-9-17(23)22(10-11-6-7-12(20)8-15(11)21)16-5-3-2-4-13(16)18(14)24/h2-8,24H,9-10H2,1H3.